The SMILES string of the molecule is CCCN(Cc1nnc(CC)o1)[C@@H]1C[C@H](OCC)C1(C)C. The van der Waals surface area contributed by atoms with Crippen molar-refractivity contribution in [1.29, 1.82) is 0 Å². The molecule has 0 N–H and O–H groups in total. The Labute approximate surface area is 128 Å². The van der Waals surface area contributed by atoms with Crippen LogP contribution >= 0.6 is 0 Å². The van der Waals surface area contributed by atoms with Crippen molar-refractivity contribution in [3.8, 4) is 0 Å². The van der Waals surface area contributed by atoms with Gasteiger partial charge in [-0.3, -0.25) is 4.90 Å². The summed E-state index contributed by atoms with van der Waals surface area (Å²) in [5.74, 6) is 1.46. The van der Waals surface area contributed by atoms with Crippen molar-refractivity contribution in [1.82, 2.24) is 15.1 Å². The maximum Gasteiger partial charge on any atom is 0.230 e. The highest BCUT2D eigenvalue weighted by atomic mass is 16.5. The normalized spacial score (nSPS) is 24.3. The summed E-state index contributed by atoms with van der Waals surface area (Å²) in [4.78, 5) is 2.47. The fraction of sp³-hybridized carbons (Fsp3) is 0.875. The molecule has 0 bridgehead atoms. The highest BCUT2D eigenvalue weighted by Gasteiger charge is 2.51. The first kappa shape index (κ1) is 16.4. The molecule has 1 aromatic heterocycles. The number of hydrogen-bond acceptors (Lipinski definition) is 5. The average molecular weight is 295 g/mol. The third-order valence-corrected chi connectivity index (χ3v) is 4.59. The van der Waals surface area contributed by atoms with Crippen molar-refractivity contribution in [3.63, 3.8) is 0 Å². The van der Waals surface area contributed by atoms with Crippen molar-refractivity contribution in [3.05, 3.63) is 11.8 Å². The summed E-state index contributed by atoms with van der Waals surface area (Å²) in [6, 6.07) is 0.519. The average Bonchev–Trinajstić information content (AvgIpc) is 2.90. The summed E-state index contributed by atoms with van der Waals surface area (Å²) in [5, 5.41) is 8.23. The van der Waals surface area contributed by atoms with Crippen LogP contribution in [0.25, 0.3) is 0 Å². The van der Waals surface area contributed by atoms with Gasteiger partial charge in [0, 0.05) is 24.5 Å². The van der Waals surface area contributed by atoms with E-state index in [9.17, 15) is 0 Å². The van der Waals surface area contributed by atoms with Gasteiger partial charge < -0.3 is 9.15 Å². The molecule has 120 valence electrons. The Morgan fingerprint density at radius 3 is 2.48 bits per heavy atom. The second-order valence-corrected chi connectivity index (χ2v) is 6.43. The van der Waals surface area contributed by atoms with E-state index in [4.69, 9.17) is 9.15 Å². The van der Waals surface area contributed by atoms with Gasteiger partial charge >= 0.3 is 0 Å². The molecule has 1 aliphatic carbocycles. The molecule has 1 aliphatic rings. The zero-order valence-corrected chi connectivity index (χ0v) is 14.1. The fourth-order valence-electron chi connectivity index (χ4n) is 3.27. The number of hydrogen-bond donors (Lipinski definition) is 0. The van der Waals surface area contributed by atoms with Crippen molar-refractivity contribution in [2.45, 2.75) is 72.6 Å². The maximum absolute atomic E-state index is 5.85. The summed E-state index contributed by atoms with van der Waals surface area (Å²) in [6.45, 7) is 13.5. The molecular weight excluding hydrogens is 266 g/mol. The van der Waals surface area contributed by atoms with Gasteiger partial charge in [-0.05, 0) is 26.3 Å². The first-order chi connectivity index (χ1) is 10.0. The first-order valence-electron chi connectivity index (χ1n) is 8.19. The molecular formula is C16H29N3O2. The molecule has 0 aliphatic heterocycles. The fourth-order valence-corrected chi connectivity index (χ4v) is 3.27. The van der Waals surface area contributed by atoms with Crippen LogP contribution in [-0.4, -0.2) is 40.4 Å². The smallest absolute Gasteiger partial charge is 0.230 e. The highest BCUT2D eigenvalue weighted by molar-refractivity contribution is 5.04. The van der Waals surface area contributed by atoms with E-state index < -0.39 is 0 Å². The van der Waals surface area contributed by atoms with E-state index in [0.29, 0.717) is 12.1 Å². The van der Waals surface area contributed by atoms with Crippen LogP contribution in [0.5, 0.6) is 0 Å². The Morgan fingerprint density at radius 2 is 1.95 bits per heavy atom. The van der Waals surface area contributed by atoms with Gasteiger partial charge in [0.05, 0.1) is 12.6 Å². The molecule has 0 spiro atoms. The Hall–Kier alpha value is -0.940. The molecule has 0 aromatic carbocycles. The molecule has 0 radical (unpaired) electrons. The van der Waals surface area contributed by atoms with E-state index >= 15 is 0 Å². The second-order valence-electron chi connectivity index (χ2n) is 6.43. The molecule has 1 aromatic rings. The van der Waals surface area contributed by atoms with Gasteiger partial charge in [0.25, 0.3) is 0 Å². The Kier molecular flexibility index (Phi) is 5.38. The Balaban J connectivity index is 2.02. The molecule has 5 heteroatoms. The van der Waals surface area contributed by atoms with Gasteiger partial charge in [0.1, 0.15) is 0 Å². The van der Waals surface area contributed by atoms with Crippen molar-refractivity contribution >= 4 is 0 Å². The van der Waals surface area contributed by atoms with Crippen LogP contribution in [0.4, 0.5) is 0 Å². The standard InChI is InChI=1S/C16H29N3O2/c1-6-9-19(11-15-18-17-14(7-2)21-15)12-10-13(20-8-3)16(12,4)5/h12-13H,6-11H2,1-5H3/t12-,13+/m1/s1. The topological polar surface area (TPSA) is 51.4 Å². The van der Waals surface area contributed by atoms with Crippen LogP contribution in [0.15, 0.2) is 4.42 Å². The van der Waals surface area contributed by atoms with Crippen molar-refractivity contribution < 1.29 is 9.15 Å². The predicted molar refractivity (Wildman–Crippen MR) is 82.0 cm³/mol. The molecule has 21 heavy (non-hydrogen) atoms. The monoisotopic (exact) mass is 295 g/mol. The van der Waals surface area contributed by atoms with E-state index in [2.05, 4.69) is 42.8 Å². The van der Waals surface area contributed by atoms with Crippen LogP contribution in [-0.2, 0) is 17.7 Å². The van der Waals surface area contributed by atoms with Gasteiger partial charge in [-0.15, -0.1) is 10.2 Å². The summed E-state index contributed by atoms with van der Waals surface area (Å²) < 4.78 is 11.5. The van der Waals surface area contributed by atoms with E-state index in [1.165, 1.54) is 0 Å². The third kappa shape index (κ3) is 3.46. The lowest BCUT2D eigenvalue weighted by Crippen LogP contribution is -2.62. The predicted octanol–water partition coefficient (Wildman–Crippen LogP) is 3.05. The van der Waals surface area contributed by atoms with Crippen LogP contribution in [0.1, 0.15) is 59.2 Å². The summed E-state index contributed by atoms with van der Waals surface area (Å²) in [7, 11) is 0. The third-order valence-electron chi connectivity index (χ3n) is 4.59. The lowest BCUT2D eigenvalue weighted by atomic mass is 9.63. The van der Waals surface area contributed by atoms with E-state index in [1.54, 1.807) is 0 Å². The lowest BCUT2D eigenvalue weighted by Gasteiger charge is -2.55. The molecule has 2 atom stereocenters. The minimum Gasteiger partial charge on any atom is -0.424 e. The summed E-state index contributed by atoms with van der Waals surface area (Å²) >= 11 is 0. The molecule has 1 heterocycles. The van der Waals surface area contributed by atoms with Crippen LogP contribution in [0.2, 0.25) is 0 Å². The summed E-state index contributed by atoms with van der Waals surface area (Å²) in [6.07, 6.45) is 3.37. The van der Waals surface area contributed by atoms with Crippen molar-refractivity contribution in [2.75, 3.05) is 13.2 Å². The van der Waals surface area contributed by atoms with Crippen LogP contribution < -0.4 is 0 Å². The molecule has 0 unspecified atom stereocenters. The number of aryl methyl sites for hydroxylation is 1. The van der Waals surface area contributed by atoms with E-state index in [-0.39, 0.29) is 5.41 Å². The lowest BCUT2D eigenvalue weighted by molar-refractivity contribution is -0.152. The minimum atomic E-state index is 0.179. The number of nitrogens with zero attached hydrogens (tertiary/aromatic N) is 3. The van der Waals surface area contributed by atoms with E-state index in [0.717, 1.165) is 50.7 Å². The number of rotatable bonds is 8. The molecule has 1 saturated carbocycles. The van der Waals surface area contributed by atoms with Gasteiger partial charge in [0.15, 0.2) is 0 Å². The van der Waals surface area contributed by atoms with Crippen molar-refractivity contribution in [2.24, 2.45) is 5.41 Å². The minimum absolute atomic E-state index is 0.179. The van der Waals surface area contributed by atoms with Crippen LogP contribution in [0.3, 0.4) is 0 Å². The highest BCUT2D eigenvalue weighted by Crippen LogP contribution is 2.46. The van der Waals surface area contributed by atoms with E-state index in [1.807, 2.05) is 6.92 Å². The Morgan fingerprint density at radius 1 is 1.24 bits per heavy atom. The number of ether oxygens (including phenoxy) is 1. The molecule has 1 fully saturated rings. The quantitative estimate of drug-likeness (QED) is 0.738. The largest absolute Gasteiger partial charge is 0.424 e. The Bertz CT molecular complexity index is 444. The molecule has 0 saturated heterocycles. The van der Waals surface area contributed by atoms with Crippen LogP contribution in [0, 0.1) is 5.41 Å². The van der Waals surface area contributed by atoms with Gasteiger partial charge in [-0.1, -0.05) is 27.7 Å². The maximum atomic E-state index is 5.85. The zero-order valence-electron chi connectivity index (χ0n) is 14.1. The van der Waals surface area contributed by atoms with Gasteiger partial charge in [0.2, 0.25) is 11.8 Å². The van der Waals surface area contributed by atoms with Gasteiger partial charge in [-0.25, -0.2) is 0 Å². The zero-order chi connectivity index (χ0) is 15.5. The molecule has 5 nitrogen and oxygen atoms in total. The molecule has 2 rings (SSSR count). The second kappa shape index (κ2) is 6.88. The van der Waals surface area contributed by atoms with Gasteiger partial charge in [-0.2, -0.15) is 0 Å². The summed E-state index contributed by atoms with van der Waals surface area (Å²) in [5.41, 5.74) is 0.179. The first-order valence-corrected chi connectivity index (χ1v) is 8.19. The number of aromatic nitrogens is 2. The molecule has 0 amide bonds.